The molecule has 1 unspecified atom stereocenters. The number of carbonyl (C=O) groups excluding carboxylic acids is 6. The summed E-state index contributed by atoms with van der Waals surface area (Å²) in [6.45, 7) is 4.30. The Bertz CT molecular complexity index is 3390. The first-order chi connectivity index (χ1) is 41.1. The Labute approximate surface area is 500 Å². The molecule has 1 fully saturated rings. The van der Waals surface area contributed by atoms with Gasteiger partial charge < -0.3 is 50.6 Å². The third-order valence-electron chi connectivity index (χ3n) is 15.5. The van der Waals surface area contributed by atoms with E-state index in [9.17, 15) is 38.7 Å². The Morgan fingerprint density at radius 2 is 1.31 bits per heavy atom. The van der Waals surface area contributed by atoms with Crippen LogP contribution >= 0.6 is 11.6 Å². The average molecular weight is 1180 g/mol. The highest BCUT2D eigenvalue weighted by Gasteiger charge is 2.39. The van der Waals surface area contributed by atoms with Gasteiger partial charge in [-0.1, -0.05) is 93.3 Å². The summed E-state index contributed by atoms with van der Waals surface area (Å²) in [6, 6.07) is 28.8. The number of unbranched alkanes of at least 4 members (excludes halogenated alkanes) is 7. The number of Topliss-reactive ketones (excluding diaryl/α,β-unsaturated/α-hetero) is 1. The summed E-state index contributed by atoms with van der Waals surface area (Å²) in [4.78, 5) is 93.0. The molecule has 5 amide bonds. The van der Waals surface area contributed by atoms with Crippen molar-refractivity contribution in [1.82, 2.24) is 15.6 Å². The van der Waals surface area contributed by atoms with Crippen molar-refractivity contribution in [3.63, 3.8) is 0 Å². The number of anilines is 3. The second-order valence-electron chi connectivity index (χ2n) is 21.5. The van der Waals surface area contributed by atoms with E-state index in [4.69, 9.17) is 30.5 Å². The first-order valence-electron chi connectivity index (χ1n) is 29.0. The molecule has 18 nitrogen and oxygen atoms in total. The van der Waals surface area contributed by atoms with Crippen molar-refractivity contribution >= 4 is 70.0 Å². The number of aromatic nitrogens is 1. The van der Waals surface area contributed by atoms with Gasteiger partial charge in [0.25, 0.3) is 17.7 Å². The molecule has 0 saturated heterocycles. The first kappa shape index (κ1) is 62.4. The van der Waals surface area contributed by atoms with Gasteiger partial charge in [-0.05, 0) is 152 Å². The van der Waals surface area contributed by atoms with Crippen LogP contribution < -0.4 is 40.8 Å². The van der Waals surface area contributed by atoms with Crippen molar-refractivity contribution in [2.24, 2.45) is 11.8 Å². The fourth-order valence-electron chi connectivity index (χ4n) is 10.8. The number of carbonyl (C=O) groups is 7. The Morgan fingerprint density at radius 3 is 2.00 bits per heavy atom. The van der Waals surface area contributed by atoms with Crippen LogP contribution in [0.15, 0.2) is 109 Å². The lowest BCUT2D eigenvalue weighted by Crippen LogP contribution is -2.30. The molecule has 1 aromatic heterocycles. The van der Waals surface area contributed by atoms with Gasteiger partial charge in [0, 0.05) is 48.2 Å². The predicted molar refractivity (Wildman–Crippen MR) is 325 cm³/mol. The van der Waals surface area contributed by atoms with Crippen LogP contribution in [0.25, 0.3) is 11.1 Å². The van der Waals surface area contributed by atoms with E-state index in [1.807, 2.05) is 38.1 Å². The Balaban J connectivity index is 0.641. The lowest BCUT2D eigenvalue weighted by atomic mass is 9.87. The molecular formula is C66H73ClN6O12. The molecule has 19 heteroatoms. The van der Waals surface area contributed by atoms with Crippen LogP contribution in [0.4, 0.5) is 17.1 Å². The van der Waals surface area contributed by atoms with Crippen LogP contribution in [0.1, 0.15) is 141 Å². The molecule has 6 aromatic rings. The number of ketones is 1. The quantitative estimate of drug-likeness (QED) is 0.0230. The molecule has 0 bridgehead atoms. The molecule has 8 rings (SSSR count). The van der Waals surface area contributed by atoms with E-state index < -0.39 is 23.7 Å². The van der Waals surface area contributed by atoms with Gasteiger partial charge in [0.05, 0.1) is 23.4 Å². The highest BCUT2D eigenvalue weighted by molar-refractivity contribution is 6.34. The van der Waals surface area contributed by atoms with Crippen molar-refractivity contribution in [1.29, 1.82) is 0 Å². The standard InChI is InChI=1S/C66H73ClN6O12/c1-41-42(2)62-47(33-51(63(62)77)44-18-10-11-19-44)34-57(41)84-37-43-17-16-20-45(31-43)46-22-27-56(52(32-46)66(80)81)85-40-60(75)70-30-14-9-7-5-4-6-8-13-29-69-59(74)38-83-39-61(76)71-48-23-25-50(53(67)35-48)64(78)73-54-26-24-49(36-58(54)82-3)72-65(79)55-21-12-15-28-68-55/h12,15-17,20-28,31-32,34-36,44,51H,4-11,13-14,18-19,29-30,33,37-40H2,1-3H3,(H,69,74)(H,70,75)(H,71,76)(H,72,79)(H,73,78)(H,80,81). The van der Waals surface area contributed by atoms with Crippen molar-refractivity contribution < 1.29 is 57.6 Å². The van der Waals surface area contributed by atoms with Crippen molar-refractivity contribution in [3.8, 4) is 28.4 Å². The lowest BCUT2D eigenvalue weighted by molar-refractivity contribution is -0.128. The van der Waals surface area contributed by atoms with Crippen LogP contribution in [-0.2, 0) is 32.1 Å². The molecular weight excluding hydrogens is 1100 g/mol. The molecule has 0 aliphatic heterocycles. The number of hydrogen-bond acceptors (Lipinski definition) is 12. The van der Waals surface area contributed by atoms with Crippen molar-refractivity contribution in [3.05, 3.63) is 159 Å². The van der Waals surface area contributed by atoms with Crippen molar-refractivity contribution in [2.75, 3.05) is 56.0 Å². The maximum absolute atomic E-state index is 13.5. The largest absolute Gasteiger partial charge is 0.494 e. The van der Waals surface area contributed by atoms with Gasteiger partial charge in [-0.3, -0.25) is 33.8 Å². The summed E-state index contributed by atoms with van der Waals surface area (Å²) in [5.74, 6) is -1.29. The number of fused-ring (bicyclic) bond motifs is 1. The summed E-state index contributed by atoms with van der Waals surface area (Å²) in [5, 5.41) is 24.0. The van der Waals surface area contributed by atoms with E-state index in [2.05, 4.69) is 37.6 Å². The summed E-state index contributed by atoms with van der Waals surface area (Å²) >= 11 is 6.43. The Hall–Kier alpha value is -8.61. The smallest absolute Gasteiger partial charge is 0.339 e. The molecule has 85 heavy (non-hydrogen) atoms. The minimum atomic E-state index is -1.17. The molecule has 1 heterocycles. The first-order valence-corrected chi connectivity index (χ1v) is 29.3. The zero-order valence-corrected chi connectivity index (χ0v) is 49.0. The van der Waals surface area contributed by atoms with Crippen LogP contribution in [0.3, 0.4) is 0 Å². The van der Waals surface area contributed by atoms with Gasteiger partial charge in [-0.15, -0.1) is 0 Å². The third-order valence-corrected chi connectivity index (χ3v) is 15.8. The van der Waals surface area contributed by atoms with Gasteiger partial charge in [-0.2, -0.15) is 0 Å². The van der Waals surface area contributed by atoms with Gasteiger partial charge >= 0.3 is 5.97 Å². The van der Waals surface area contributed by atoms with Gasteiger partial charge in [0.15, 0.2) is 12.4 Å². The number of rotatable bonds is 30. The monoisotopic (exact) mass is 1180 g/mol. The highest BCUT2D eigenvalue weighted by Crippen LogP contribution is 2.43. The summed E-state index contributed by atoms with van der Waals surface area (Å²) in [6.07, 6.45) is 14.5. The predicted octanol–water partition coefficient (Wildman–Crippen LogP) is 11.7. The molecule has 2 aliphatic rings. The number of hydrogen-bond donors (Lipinski definition) is 6. The number of benzene rings is 5. The molecule has 1 atom stereocenters. The van der Waals surface area contributed by atoms with E-state index in [-0.39, 0.29) is 65.1 Å². The van der Waals surface area contributed by atoms with Gasteiger partial charge in [0.1, 0.15) is 48.3 Å². The average Bonchev–Trinajstić information content (AvgIpc) is 2.08. The van der Waals surface area contributed by atoms with E-state index >= 15 is 0 Å². The maximum Gasteiger partial charge on any atom is 0.339 e. The van der Waals surface area contributed by atoms with E-state index in [0.717, 1.165) is 110 Å². The highest BCUT2D eigenvalue weighted by atomic mass is 35.5. The number of aromatic carboxylic acids is 1. The second-order valence-corrected chi connectivity index (χ2v) is 21.9. The minimum Gasteiger partial charge on any atom is -0.494 e. The number of amides is 5. The van der Waals surface area contributed by atoms with Gasteiger partial charge in [-0.25, -0.2) is 4.79 Å². The lowest BCUT2D eigenvalue weighted by Gasteiger charge is -2.16. The zero-order chi connectivity index (χ0) is 60.2. The number of nitrogens with zero attached hydrogens (tertiary/aromatic N) is 1. The van der Waals surface area contributed by atoms with Crippen molar-refractivity contribution in [2.45, 2.75) is 104 Å². The number of ether oxygens (including phenoxy) is 4. The molecule has 1 saturated carbocycles. The second kappa shape index (κ2) is 30.8. The summed E-state index contributed by atoms with van der Waals surface area (Å²) < 4.78 is 22.8. The van der Waals surface area contributed by atoms with Crippen LogP contribution in [0.2, 0.25) is 5.02 Å². The molecule has 0 spiro atoms. The van der Waals surface area contributed by atoms with Crippen LogP contribution in [0, 0.1) is 25.7 Å². The SMILES string of the molecule is COc1cc(NC(=O)c2ccccn2)ccc1NC(=O)c1ccc(NC(=O)COCC(=O)NCCCCCCCCCCNC(=O)COc2ccc(-c3cccc(COc4cc5c(c(C)c4C)C(=O)C(C4CCCC4)C5)c3)cc2C(=O)O)cc1Cl. The number of carboxylic acid groups (broad SMARTS) is 1. The molecule has 0 radical (unpaired) electrons. The molecule has 2 aliphatic carbocycles. The van der Waals surface area contributed by atoms with Gasteiger partial charge in [0.2, 0.25) is 11.8 Å². The number of pyridine rings is 1. The number of halogens is 1. The fraction of sp³-hybridized carbons (Fsp3) is 0.364. The fourth-order valence-corrected chi connectivity index (χ4v) is 11.1. The van der Waals surface area contributed by atoms with Crippen LogP contribution in [-0.4, -0.2) is 91.4 Å². The number of carboxylic acids is 1. The van der Waals surface area contributed by atoms with E-state index in [0.29, 0.717) is 59.8 Å². The topological polar surface area (TPSA) is 250 Å². The van der Waals surface area contributed by atoms with E-state index in [1.54, 1.807) is 54.6 Å². The summed E-state index contributed by atoms with van der Waals surface area (Å²) in [7, 11) is 1.43. The minimum absolute atomic E-state index is 0.0488. The Morgan fingerprint density at radius 1 is 0.624 bits per heavy atom. The Kier molecular flexibility index (Phi) is 22.6. The number of nitrogens with one attached hydrogen (secondary N) is 5. The normalized spacial score (nSPS) is 13.6. The van der Waals surface area contributed by atoms with Crippen LogP contribution in [0.5, 0.6) is 17.2 Å². The number of methoxy groups -OCH3 is 1. The molecule has 6 N–H and O–H groups in total. The molecule has 5 aromatic carbocycles. The zero-order valence-electron chi connectivity index (χ0n) is 48.2. The third kappa shape index (κ3) is 17.5. The molecule has 446 valence electrons. The maximum atomic E-state index is 13.5. The van der Waals surface area contributed by atoms with E-state index in [1.165, 1.54) is 44.3 Å². The summed E-state index contributed by atoms with van der Waals surface area (Å²) in [5.41, 5.74) is 7.74.